The Kier molecular flexibility index (Phi) is 33.8. The SMILES string of the molecule is C[C@@H](O)[C@@H]1NC(=O)[C@H](CCCCN)NC(=O)[C@H](Cc2ccc(NC(N)=O)cc2)NC(=O)[C@H](Cc2ccc(O)cc2)NC(=O)[C@H](NC(=O)[C@H](Cc2ccc(Cl)cc2)NC(=O)CC[C@@H](C(=O)O)N2CCN(CC(=O)O)CCN(CC(=O)O)CC2)CSSC[C@@H](C(=O)N[C@H](Cc2ccc(O)cc2)C(N)=O)NC1=O. The highest BCUT2D eigenvalue weighted by Crippen LogP contribution is 2.25. The summed E-state index contributed by atoms with van der Waals surface area (Å²) < 4.78 is 0. The van der Waals surface area contributed by atoms with Crippen molar-refractivity contribution < 1.29 is 93.0 Å². The molecule has 0 saturated carbocycles. The van der Waals surface area contributed by atoms with Crippen LogP contribution in [0.15, 0.2) is 97.1 Å². The second-order valence-corrected chi connectivity index (χ2v) is 28.2. The second-order valence-electron chi connectivity index (χ2n) is 25.2. The van der Waals surface area contributed by atoms with Crippen molar-refractivity contribution in [1.82, 2.24) is 57.2 Å². The van der Waals surface area contributed by atoms with E-state index < -0.39 is 169 Å². The van der Waals surface area contributed by atoms with Gasteiger partial charge in [-0.25, -0.2) is 4.79 Å². The minimum atomic E-state index is -1.86. The lowest BCUT2D eigenvalue weighted by Gasteiger charge is -2.30. The maximum atomic E-state index is 15.3. The van der Waals surface area contributed by atoms with Crippen LogP contribution in [-0.4, -0.2) is 253 Å². The largest absolute Gasteiger partial charge is 0.508 e. The molecule has 2 saturated heterocycles. The molecule has 2 fully saturated rings. The molecule has 11 amide bonds. The number of anilines is 1. The molecule has 0 radical (unpaired) electrons. The van der Waals surface area contributed by atoms with Crippen LogP contribution in [0, 0.1) is 0 Å². The molecule has 2 aliphatic heterocycles. The number of rotatable bonds is 29. The van der Waals surface area contributed by atoms with E-state index in [1.807, 2.05) is 0 Å². The fraction of sp³-hybridized carbons (Fsp3) is 0.456. The van der Waals surface area contributed by atoms with E-state index in [2.05, 4.69) is 47.9 Å². The summed E-state index contributed by atoms with van der Waals surface area (Å²) in [5.41, 5.74) is 18.8. The molecule has 6 rings (SSSR count). The Hall–Kier alpha value is -9.82. The van der Waals surface area contributed by atoms with Gasteiger partial charge in [-0.1, -0.05) is 81.7 Å². The maximum absolute atomic E-state index is 15.3. The van der Waals surface area contributed by atoms with Gasteiger partial charge in [0.2, 0.25) is 53.2 Å². The van der Waals surface area contributed by atoms with Crippen LogP contribution in [0.2, 0.25) is 5.02 Å². The number of phenolic OH excluding ortho intramolecular Hbond substituents is 2. The van der Waals surface area contributed by atoms with Gasteiger partial charge in [-0.05, 0) is 110 Å². The van der Waals surface area contributed by atoms with E-state index in [4.69, 9.17) is 28.8 Å². The van der Waals surface area contributed by atoms with Gasteiger partial charge in [0.15, 0.2) is 0 Å². The summed E-state index contributed by atoms with van der Waals surface area (Å²) in [6.45, 7) is 0.957. The molecule has 0 aliphatic carbocycles. The lowest BCUT2D eigenvalue weighted by Crippen LogP contribution is -2.62. The van der Waals surface area contributed by atoms with Crippen LogP contribution < -0.4 is 65.1 Å². The zero-order chi connectivity index (χ0) is 76.9. The minimum Gasteiger partial charge on any atom is -0.508 e. The van der Waals surface area contributed by atoms with E-state index in [0.717, 1.165) is 28.5 Å². The number of nitrogens with zero attached hydrogens (tertiary/aromatic N) is 3. The molecule has 105 heavy (non-hydrogen) atoms. The van der Waals surface area contributed by atoms with Gasteiger partial charge in [0.25, 0.3) is 0 Å². The molecule has 4 aromatic carbocycles. The Balaban J connectivity index is 1.42. The molecule has 2 aliphatic rings. The van der Waals surface area contributed by atoms with Crippen LogP contribution in [-0.2, 0) is 83.2 Å². The molecule has 0 unspecified atom stereocenters. The minimum absolute atomic E-state index is 0.00853. The first-order valence-corrected chi connectivity index (χ1v) is 36.4. The van der Waals surface area contributed by atoms with Gasteiger partial charge in [0, 0.05) is 93.6 Å². The zero-order valence-corrected chi connectivity index (χ0v) is 59.8. The number of hydrogen-bond donors (Lipinski definition) is 18. The number of carboxylic acids is 3. The number of aliphatic carboxylic acids is 3. The van der Waals surface area contributed by atoms with Crippen molar-refractivity contribution in [2.45, 2.75) is 125 Å². The van der Waals surface area contributed by atoms with Crippen molar-refractivity contribution in [2.24, 2.45) is 17.2 Å². The molecule has 0 bridgehead atoms. The van der Waals surface area contributed by atoms with Crippen molar-refractivity contribution in [3.05, 3.63) is 124 Å². The predicted molar refractivity (Wildman–Crippen MR) is 387 cm³/mol. The number of benzene rings is 4. The molecule has 4 aromatic rings. The molecule has 34 nitrogen and oxygen atoms in total. The van der Waals surface area contributed by atoms with Gasteiger partial charge in [0.1, 0.15) is 65.9 Å². The molecule has 10 atom stereocenters. The van der Waals surface area contributed by atoms with E-state index >= 15 is 14.4 Å². The number of carboxylic acid groups (broad SMARTS) is 3. The van der Waals surface area contributed by atoms with Gasteiger partial charge >= 0.3 is 23.9 Å². The predicted octanol–water partition coefficient (Wildman–Crippen LogP) is -1.90. The monoisotopic (exact) mass is 1520 g/mol. The summed E-state index contributed by atoms with van der Waals surface area (Å²) in [7, 11) is 1.68. The summed E-state index contributed by atoms with van der Waals surface area (Å²) in [4.78, 5) is 184. The first kappa shape index (κ1) is 84.1. The van der Waals surface area contributed by atoms with Gasteiger partial charge in [-0.2, -0.15) is 0 Å². The zero-order valence-electron chi connectivity index (χ0n) is 57.4. The highest BCUT2D eigenvalue weighted by Gasteiger charge is 2.38. The molecule has 0 aromatic heterocycles. The van der Waals surface area contributed by atoms with E-state index in [1.165, 1.54) is 99.6 Å². The number of aliphatic hydroxyl groups excluding tert-OH is 1. The Morgan fingerprint density at radius 3 is 1.59 bits per heavy atom. The van der Waals surface area contributed by atoms with E-state index in [0.29, 0.717) is 33.7 Å². The quantitative estimate of drug-likeness (QED) is 0.0209. The van der Waals surface area contributed by atoms with Gasteiger partial charge in [-0.15, -0.1) is 0 Å². The average Bonchev–Trinajstić information content (AvgIpc) is 1.56. The van der Waals surface area contributed by atoms with E-state index in [1.54, 1.807) is 12.1 Å². The Morgan fingerprint density at radius 1 is 0.590 bits per heavy atom. The lowest BCUT2D eigenvalue weighted by molar-refractivity contribution is -0.145. The first-order chi connectivity index (χ1) is 49.9. The number of nitrogens with two attached hydrogens (primary N) is 3. The molecular weight excluding hydrogens is 1430 g/mol. The van der Waals surface area contributed by atoms with E-state index in [9.17, 15) is 78.6 Å². The fourth-order valence-electron chi connectivity index (χ4n) is 11.4. The number of halogens is 1. The first-order valence-electron chi connectivity index (χ1n) is 33.6. The number of primary amides is 2. The number of carbonyl (C=O) groups excluding carboxylic acids is 10. The van der Waals surface area contributed by atoms with Crippen LogP contribution in [0.3, 0.4) is 0 Å². The summed E-state index contributed by atoms with van der Waals surface area (Å²) >= 11 is 6.26. The van der Waals surface area contributed by atoms with Gasteiger partial charge in [-0.3, -0.25) is 72.2 Å². The van der Waals surface area contributed by atoms with Crippen molar-refractivity contribution in [3.63, 3.8) is 0 Å². The number of aromatic hydroxyl groups is 2. The standard InChI is InChI=1S/C68H90ClN15O19S2/c1-38(85)58-66(100)80-53(64(98)76-48(59(71)93)30-41-9-17-45(86)18-10-41)37-105-104-36-52(79-61(95)49(31-39-5-13-43(69)14-6-39)74-55(88)22-21-54(67(101)102)84-28-26-82(34-56(89)90)24-25-83(27-29-84)35-57(91)92)65(99)78-51(33-42-11-19-46(87)20-12-42)63(97)77-50(32-40-7-15-44(16-8-40)73-68(72)103)62(96)75-47(60(94)81-58)4-2-3-23-70/h5-20,38,47-54,58,85-87H,2-4,21-37,70H2,1H3,(H2,71,93)(H,74,88)(H,75,96)(H,76,98)(H,77,97)(H,78,99)(H,79,95)(H,80,100)(H,81,94)(H,89,90)(H,91,92)(H,101,102)(H3,72,73,103)/t38-,47+,48-,49+,50+,51+,52-,53+,54+,58+/m1/s1. The van der Waals surface area contributed by atoms with Crippen molar-refractivity contribution in [1.29, 1.82) is 0 Å². The molecule has 37 heteroatoms. The number of unbranched alkanes of at least 4 members (excludes halogenated alkanes) is 1. The smallest absolute Gasteiger partial charge is 0.320 e. The van der Waals surface area contributed by atoms with Gasteiger partial charge < -0.3 is 95.7 Å². The number of hydrogen-bond acceptors (Lipinski definition) is 22. The molecule has 21 N–H and O–H groups in total. The van der Waals surface area contributed by atoms with E-state index in [-0.39, 0.29) is 108 Å². The number of amides is 11. The van der Waals surface area contributed by atoms with Crippen molar-refractivity contribution in [2.75, 3.05) is 75.7 Å². The molecular formula is C68H90ClN15O19S2. The Bertz CT molecular complexity index is 3640. The fourth-order valence-corrected chi connectivity index (χ4v) is 13.8. The Labute approximate surface area is 617 Å². The summed E-state index contributed by atoms with van der Waals surface area (Å²) in [5.74, 6) is -13.9. The normalized spacial score (nSPS) is 20.7. The average molecular weight is 1520 g/mol. The number of urea groups is 1. The Morgan fingerprint density at radius 2 is 1.08 bits per heavy atom. The highest BCUT2D eigenvalue weighted by atomic mass is 35.5. The third-order valence-electron chi connectivity index (χ3n) is 17.0. The highest BCUT2D eigenvalue weighted by molar-refractivity contribution is 8.76. The second kappa shape index (κ2) is 42.2. The summed E-state index contributed by atoms with van der Waals surface area (Å²) in [5, 5.41) is 84.9. The maximum Gasteiger partial charge on any atom is 0.320 e. The molecule has 570 valence electrons. The number of nitrogens with one attached hydrogen (secondary N) is 9. The number of phenols is 2. The number of aliphatic hydroxyl groups is 1. The topological polar surface area (TPSA) is 539 Å². The molecule has 0 spiro atoms. The van der Waals surface area contributed by atoms with Crippen molar-refractivity contribution in [3.8, 4) is 11.5 Å². The molecule has 2 heterocycles. The lowest BCUT2D eigenvalue weighted by atomic mass is 10.0. The third kappa shape index (κ3) is 29.0. The van der Waals surface area contributed by atoms with Crippen LogP contribution in [0.25, 0.3) is 0 Å². The summed E-state index contributed by atoms with van der Waals surface area (Å²) in [6.07, 6.45) is -3.34. The third-order valence-corrected chi connectivity index (χ3v) is 19.7. The summed E-state index contributed by atoms with van der Waals surface area (Å²) in [6, 6.07) is 7.85. The number of carbonyl (C=O) groups is 13. The van der Waals surface area contributed by atoms with Gasteiger partial charge in [0.05, 0.1) is 19.2 Å². The van der Waals surface area contributed by atoms with Crippen LogP contribution in [0.5, 0.6) is 11.5 Å². The van der Waals surface area contributed by atoms with Crippen LogP contribution >= 0.6 is 33.2 Å². The van der Waals surface area contributed by atoms with Crippen LogP contribution in [0.4, 0.5) is 10.5 Å². The van der Waals surface area contributed by atoms with Crippen molar-refractivity contribution >= 4 is 116 Å². The van der Waals surface area contributed by atoms with Crippen LogP contribution in [0.1, 0.15) is 61.3 Å².